The number of carbonyl (C=O) groups is 1. The quantitative estimate of drug-likeness (QED) is 0.295. The molecule has 1 N–H and O–H groups in total. The number of amides is 1. The second-order valence-electron chi connectivity index (χ2n) is 7.58. The van der Waals surface area contributed by atoms with E-state index in [1.807, 2.05) is 42.2 Å². The number of benzene rings is 3. The van der Waals surface area contributed by atoms with E-state index in [0.717, 1.165) is 47.3 Å². The predicted molar refractivity (Wildman–Crippen MR) is 133 cm³/mol. The van der Waals surface area contributed by atoms with Gasteiger partial charge in [-0.15, -0.1) is 0 Å². The lowest BCUT2D eigenvalue weighted by Gasteiger charge is -2.21. The van der Waals surface area contributed by atoms with Gasteiger partial charge in [0.25, 0.3) is 5.91 Å². The smallest absolute Gasteiger partial charge is 0.255 e. The van der Waals surface area contributed by atoms with Crippen molar-refractivity contribution in [3.8, 4) is 16.9 Å². The highest BCUT2D eigenvalue weighted by Crippen LogP contribution is 2.31. The molecule has 1 aromatic heterocycles. The van der Waals surface area contributed by atoms with Gasteiger partial charge in [-0.2, -0.15) is 0 Å². The van der Waals surface area contributed by atoms with Crippen LogP contribution >= 0.6 is 38.5 Å². The molecule has 1 aliphatic heterocycles. The molecule has 5 nitrogen and oxygen atoms in total. The summed E-state index contributed by atoms with van der Waals surface area (Å²) >= 11 is 5.78. The largest absolute Gasteiger partial charge is 0.491 e. The van der Waals surface area contributed by atoms with Crippen molar-refractivity contribution in [2.24, 2.45) is 0 Å². The van der Waals surface area contributed by atoms with Crippen LogP contribution in [-0.2, 0) is 6.54 Å². The van der Waals surface area contributed by atoms with E-state index in [9.17, 15) is 4.79 Å². The number of fused-ring (bicyclic) bond motifs is 2. The van der Waals surface area contributed by atoms with Crippen molar-refractivity contribution in [2.45, 2.75) is 13.5 Å². The molecule has 0 radical (unpaired) electrons. The summed E-state index contributed by atoms with van der Waals surface area (Å²) in [6.45, 7) is 3.48. The molecule has 0 saturated carbocycles. The Labute approximate surface area is 202 Å². The van der Waals surface area contributed by atoms with Crippen LogP contribution in [0.5, 0.6) is 5.75 Å². The summed E-state index contributed by atoms with van der Waals surface area (Å²) in [5.41, 5.74) is 5.83. The van der Waals surface area contributed by atoms with E-state index in [1.165, 1.54) is 0 Å². The molecular formula is C24H19BrIN3O2. The van der Waals surface area contributed by atoms with Gasteiger partial charge in [-0.05, 0) is 99.0 Å². The molecule has 1 aliphatic rings. The second kappa shape index (κ2) is 8.27. The molecule has 156 valence electrons. The number of aromatic nitrogens is 2. The molecule has 31 heavy (non-hydrogen) atoms. The lowest BCUT2D eigenvalue weighted by molar-refractivity contribution is 0.0732. The number of nitrogens with one attached hydrogen (secondary N) is 1. The van der Waals surface area contributed by atoms with E-state index < -0.39 is 0 Å². The number of hydrogen-bond acceptors (Lipinski definition) is 3. The molecule has 0 bridgehead atoms. The van der Waals surface area contributed by atoms with Gasteiger partial charge in [-0.1, -0.05) is 12.1 Å². The van der Waals surface area contributed by atoms with Crippen molar-refractivity contribution in [3.05, 3.63) is 79.6 Å². The van der Waals surface area contributed by atoms with E-state index in [0.29, 0.717) is 25.3 Å². The Morgan fingerprint density at radius 2 is 1.94 bits per heavy atom. The Kier molecular flexibility index (Phi) is 5.47. The third-order valence-electron chi connectivity index (χ3n) is 5.42. The molecule has 3 aromatic carbocycles. The van der Waals surface area contributed by atoms with Gasteiger partial charge in [0.15, 0.2) is 0 Å². The van der Waals surface area contributed by atoms with Gasteiger partial charge in [-0.25, -0.2) is 4.98 Å². The molecular weight excluding hydrogens is 569 g/mol. The number of nitrogens with zero attached hydrogens (tertiary/aromatic N) is 2. The van der Waals surface area contributed by atoms with Gasteiger partial charge < -0.3 is 14.6 Å². The number of H-pyrrole nitrogens is 1. The average molecular weight is 588 g/mol. The summed E-state index contributed by atoms with van der Waals surface area (Å²) in [6.07, 6.45) is 0. The fourth-order valence-electron chi connectivity index (χ4n) is 3.90. The molecule has 0 fully saturated rings. The maximum Gasteiger partial charge on any atom is 0.255 e. The summed E-state index contributed by atoms with van der Waals surface area (Å²) < 4.78 is 7.85. The molecule has 4 aromatic rings. The highest BCUT2D eigenvalue weighted by atomic mass is 127. The minimum Gasteiger partial charge on any atom is -0.491 e. The van der Waals surface area contributed by atoms with Crippen molar-refractivity contribution in [1.29, 1.82) is 0 Å². The number of ether oxygens (including phenoxy) is 1. The third-order valence-corrected chi connectivity index (χ3v) is 6.75. The van der Waals surface area contributed by atoms with Gasteiger partial charge in [0.2, 0.25) is 0 Å². The van der Waals surface area contributed by atoms with Crippen LogP contribution in [0.25, 0.3) is 22.2 Å². The summed E-state index contributed by atoms with van der Waals surface area (Å²) in [6, 6.07) is 18.2. The zero-order chi connectivity index (χ0) is 21.5. The lowest BCUT2D eigenvalue weighted by Crippen LogP contribution is -2.32. The highest BCUT2D eigenvalue weighted by Gasteiger charge is 2.23. The molecule has 0 atom stereocenters. The number of carbonyl (C=O) groups excluding carboxylic acids is 1. The number of halogens is 2. The van der Waals surface area contributed by atoms with E-state index in [1.54, 1.807) is 0 Å². The van der Waals surface area contributed by atoms with Gasteiger partial charge in [0.05, 0.1) is 23.1 Å². The molecule has 2 heterocycles. The van der Waals surface area contributed by atoms with Crippen LogP contribution in [0.2, 0.25) is 0 Å². The van der Waals surface area contributed by atoms with Gasteiger partial charge in [-0.3, -0.25) is 4.79 Å². The van der Waals surface area contributed by atoms with Crippen molar-refractivity contribution in [1.82, 2.24) is 14.9 Å². The molecule has 0 saturated heterocycles. The fourth-order valence-corrected chi connectivity index (χ4v) is 5.36. The maximum absolute atomic E-state index is 13.2. The molecule has 0 unspecified atom stereocenters. The van der Waals surface area contributed by atoms with Crippen LogP contribution in [0.4, 0.5) is 0 Å². The molecule has 0 aliphatic carbocycles. The Hall–Kier alpha value is -2.39. The number of aromatic amines is 1. The van der Waals surface area contributed by atoms with Crippen LogP contribution in [-0.4, -0.2) is 33.9 Å². The zero-order valence-corrected chi connectivity index (χ0v) is 20.5. The number of rotatable bonds is 2. The topological polar surface area (TPSA) is 58.2 Å². The molecule has 7 heteroatoms. The first-order valence-electron chi connectivity index (χ1n) is 9.95. The minimum atomic E-state index is -0.000479. The molecule has 1 amide bonds. The summed E-state index contributed by atoms with van der Waals surface area (Å²) in [5, 5.41) is 0. The van der Waals surface area contributed by atoms with Crippen LogP contribution in [0.1, 0.15) is 21.7 Å². The summed E-state index contributed by atoms with van der Waals surface area (Å²) in [7, 11) is 0. The highest BCUT2D eigenvalue weighted by molar-refractivity contribution is 14.1. The third kappa shape index (κ3) is 4.08. The number of aryl methyl sites for hydroxylation is 1. The summed E-state index contributed by atoms with van der Waals surface area (Å²) in [4.78, 5) is 22.8. The standard InChI is InChI=1S/C24H19BrIN3O2/c1-14-27-21-6-2-16(11-22(21)28-14)15-3-7-23-17(10-15)13-29(8-9-31-23)24(30)19-5-4-18(26)12-20(19)25/h2-7,10-12H,8-9,13H2,1H3,(H,27,28). The fraction of sp³-hybridized carbons (Fsp3) is 0.167. The first-order valence-corrected chi connectivity index (χ1v) is 11.8. The van der Waals surface area contributed by atoms with E-state index in [2.05, 4.69) is 72.8 Å². The maximum atomic E-state index is 13.2. The van der Waals surface area contributed by atoms with E-state index >= 15 is 0 Å². The Balaban J connectivity index is 1.47. The van der Waals surface area contributed by atoms with Crippen molar-refractivity contribution < 1.29 is 9.53 Å². The normalized spacial score (nSPS) is 13.6. The van der Waals surface area contributed by atoms with Crippen molar-refractivity contribution >= 4 is 55.5 Å². The lowest BCUT2D eigenvalue weighted by atomic mass is 10.0. The van der Waals surface area contributed by atoms with E-state index in [4.69, 9.17) is 4.74 Å². The predicted octanol–water partition coefficient (Wildman–Crippen LogP) is 5.94. The Morgan fingerprint density at radius 1 is 1.13 bits per heavy atom. The zero-order valence-electron chi connectivity index (χ0n) is 16.8. The minimum absolute atomic E-state index is 0.000479. The monoisotopic (exact) mass is 587 g/mol. The van der Waals surface area contributed by atoms with Crippen LogP contribution < -0.4 is 4.74 Å². The van der Waals surface area contributed by atoms with Gasteiger partial charge in [0.1, 0.15) is 18.2 Å². The van der Waals surface area contributed by atoms with Gasteiger partial charge in [0, 0.05) is 20.2 Å². The van der Waals surface area contributed by atoms with Crippen molar-refractivity contribution in [3.63, 3.8) is 0 Å². The van der Waals surface area contributed by atoms with Crippen molar-refractivity contribution in [2.75, 3.05) is 13.2 Å². The first kappa shape index (κ1) is 20.5. The van der Waals surface area contributed by atoms with E-state index in [-0.39, 0.29) is 5.91 Å². The second-order valence-corrected chi connectivity index (χ2v) is 9.68. The Bertz CT molecular complexity index is 1320. The number of imidazole rings is 1. The Morgan fingerprint density at radius 3 is 2.77 bits per heavy atom. The average Bonchev–Trinajstić information content (AvgIpc) is 2.98. The molecule has 0 spiro atoms. The molecule has 5 rings (SSSR count). The van der Waals surface area contributed by atoms with Crippen LogP contribution in [0.3, 0.4) is 0 Å². The van der Waals surface area contributed by atoms with Gasteiger partial charge >= 0.3 is 0 Å². The van der Waals surface area contributed by atoms with Crippen LogP contribution in [0, 0.1) is 10.5 Å². The summed E-state index contributed by atoms with van der Waals surface area (Å²) in [5.74, 6) is 1.73. The first-order chi connectivity index (χ1) is 15.0. The number of hydrogen-bond donors (Lipinski definition) is 1. The van der Waals surface area contributed by atoms with Crippen LogP contribution in [0.15, 0.2) is 59.1 Å². The SMILES string of the molecule is Cc1nc2ccc(-c3ccc4c(c3)CN(C(=O)c3ccc(I)cc3Br)CCO4)cc2[nH]1.